The maximum atomic E-state index is 13.0. The van der Waals surface area contributed by atoms with E-state index in [4.69, 9.17) is 4.74 Å². The molecule has 2 saturated heterocycles. The first-order valence-electron chi connectivity index (χ1n) is 8.41. The number of hydrogen-bond donors (Lipinski definition) is 1. The molecule has 1 unspecified atom stereocenters. The lowest BCUT2D eigenvalue weighted by atomic mass is 10.0. The lowest BCUT2D eigenvalue weighted by molar-refractivity contribution is -0.139. The van der Waals surface area contributed by atoms with Gasteiger partial charge in [-0.05, 0) is 59.2 Å². The highest BCUT2D eigenvalue weighted by Gasteiger charge is 2.38. The van der Waals surface area contributed by atoms with E-state index in [1.165, 1.54) is 12.8 Å². The van der Waals surface area contributed by atoms with Crippen LogP contribution in [0.4, 0.5) is 0 Å². The summed E-state index contributed by atoms with van der Waals surface area (Å²) >= 11 is 0. The van der Waals surface area contributed by atoms with Gasteiger partial charge in [-0.3, -0.25) is 9.69 Å². The van der Waals surface area contributed by atoms with Crippen LogP contribution in [0.5, 0.6) is 0 Å². The van der Waals surface area contributed by atoms with Crippen molar-refractivity contribution in [3.63, 3.8) is 0 Å². The predicted molar refractivity (Wildman–Crippen MR) is 84.3 cm³/mol. The number of nitrogens with one attached hydrogen (secondary N) is 1. The zero-order valence-electron chi connectivity index (χ0n) is 13.8. The Labute approximate surface area is 129 Å². The molecule has 0 radical (unpaired) electrons. The molecule has 2 aliphatic heterocycles. The van der Waals surface area contributed by atoms with E-state index >= 15 is 0 Å². The second kappa shape index (κ2) is 8.11. The van der Waals surface area contributed by atoms with Gasteiger partial charge in [0.1, 0.15) is 0 Å². The molecule has 0 aromatic rings. The van der Waals surface area contributed by atoms with Crippen molar-refractivity contribution in [2.75, 3.05) is 39.9 Å². The van der Waals surface area contributed by atoms with E-state index in [1.54, 1.807) is 7.11 Å². The summed E-state index contributed by atoms with van der Waals surface area (Å²) in [6.45, 7) is 8.75. The van der Waals surface area contributed by atoms with E-state index < -0.39 is 0 Å². The monoisotopic (exact) mass is 297 g/mol. The first kappa shape index (κ1) is 16.7. The van der Waals surface area contributed by atoms with E-state index in [9.17, 15) is 4.79 Å². The molecule has 0 aromatic heterocycles. The van der Waals surface area contributed by atoms with Crippen LogP contribution in [0.15, 0.2) is 0 Å². The molecule has 0 bridgehead atoms. The summed E-state index contributed by atoms with van der Waals surface area (Å²) in [7, 11) is 1.69. The van der Waals surface area contributed by atoms with Gasteiger partial charge in [0.05, 0.1) is 12.6 Å². The molecular formula is C16H31N3O2. The normalized spacial score (nSPS) is 24.7. The van der Waals surface area contributed by atoms with E-state index in [2.05, 4.69) is 24.1 Å². The Morgan fingerprint density at radius 3 is 2.67 bits per heavy atom. The SMILES string of the molecule is COCCN(C(=O)C1CCCN1C1CCNCC1)C(C)C. The molecule has 0 saturated carbocycles. The number of piperidine rings is 1. The molecule has 5 heteroatoms. The molecule has 1 amide bonds. The number of carbonyl (C=O) groups excluding carboxylic acids is 1. The first-order chi connectivity index (χ1) is 10.1. The summed E-state index contributed by atoms with van der Waals surface area (Å²) in [6.07, 6.45) is 4.50. The highest BCUT2D eigenvalue weighted by molar-refractivity contribution is 5.82. The molecule has 2 rings (SSSR count). The number of amides is 1. The summed E-state index contributed by atoms with van der Waals surface area (Å²) in [5.74, 6) is 0.304. The lowest BCUT2D eigenvalue weighted by Crippen LogP contribution is -2.53. The summed E-state index contributed by atoms with van der Waals surface area (Å²) in [6, 6.07) is 0.912. The fourth-order valence-corrected chi connectivity index (χ4v) is 3.63. The van der Waals surface area contributed by atoms with Crippen molar-refractivity contribution in [2.24, 2.45) is 0 Å². The first-order valence-corrected chi connectivity index (χ1v) is 8.41. The maximum absolute atomic E-state index is 13.0. The molecule has 2 heterocycles. The van der Waals surface area contributed by atoms with Gasteiger partial charge in [-0.25, -0.2) is 0 Å². The van der Waals surface area contributed by atoms with Gasteiger partial charge in [0, 0.05) is 25.7 Å². The minimum absolute atomic E-state index is 0.0901. The van der Waals surface area contributed by atoms with Gasteiger partial charge < -0.3 is 15.0 Å². The van der Waals surface area contributed by atoms with Crippen molar-refractivity contribution in [3.05, 3.63) is 0 Å². The van der Waals surface area contributed by atoms with Gasteiger partial charge in [-0.2, -0.15) is 0 Å². The number of hydrogen-bond acceptors (Lipinski definition) is 4. The van der Waals surface area contributed by atoms with Crippen LogP contribution in [0.1, 0.15) is 39.5 Å². The van der Waals surface area contributed by atoms with Crippen LogP contribution < -0.4 is 5.32 Å². The maximum Gasteiger partial charge on any atom is 0.240 e. The Morgan fingerprint density at radius 2 is 2.05 bits per heavy atom. The topological polar surface area (TPSA) is 44.8 Å². The molecule has 5 nitrogen and oxygen atoms in total. The Balaban J connectivity index is 2.00. The average molecular weight is 297 g/mol. The molecule has 1 atom stereocenters. The predicted octanol–water partition coefficient (Wildman–Crippen LogP) is 1.09. The number of likely N-dealkylation sites (tertiary alicyclic amines) is 1. The highest BCUT2D eigenvalue weighted by atomic mass is 16.5. The quantitative estimate of drug-likeness (QED) is 0.797. The van der Waals surface area contributed by atoms with Crippen LogP contribution in [-0.4, -0.2) is 73.7 Å². The Bertz CT molecular complexity index is 329. The Morgan fingerprint density at radius 1 is 1.33 bits per heavy atom. The molecule has 0 aliphatic carbocycles. The molecular weight excluding hydrogens is 266 g/mol. The number of ether oxygens (including phenoxy) is 1. The van der Waals surface area contributed by atoms with Gasteiger partial charge in [-0.15, -0.1) is 0 Å². The van der Waals surface area contributed by atoms with Crippen molar-refractivity contribution in [3.8, 4) is 0 Å². The van der Waals surface area contributed by atoms with Crippen molar-refractivity contribution in [1.82, 2.24) is 15.1 Å². The van der Waals surface area contributed by atoms with Gasteiger partial charge >= 0.3 is 0 Å². The minimum Gasteiger partial charge on any atom is -0.383 e. The lowest BCUT2D eigenvalue weighted by Gasteiger charge is -2.38. The largest absolute Gasteiger partial charge is 0.383 e. The van der Waals surface area contributed by atoms with E-state index in [-0.39, 0.29) is 12.1 Å². The number of rotatable bonds is 6. The van der Waals surface area contributed by atoms with Crippen LogP contribution in [0, 0.1) is 0 Å². The third-order valence-electron chi connectivity index (χ3n) is 4.80. The van der Waals surface area contributed by atoms with Gasteiger partial charge in [0.2, 0.25) is 5.91 Å². The summed E-state index contributed by atoms with van der Waals surface area (Å²) in [4.78, 5) is 17.4. The molecule has 122 valence electrons. The standard InChI is InChI=1S/C16H31N3O2/c1-13(2)18(11-12-21-3)16(20)15-5-4-10-19(15)14-6-8-17-9-7-14/h13-15,17H,4-12H2,1-3H3. The Hall–Kier alpha value is -0.650. The third-order valence-corrected chi connectivity index (χ3v) is 4.80. The zero-order chi connectivity index (χ0) is 15.2. The fourth-order valence-electron chi connectivity index (χ4n) is 3.63. The van der Waals surface area contributed by atoms with Crippen LogP contribution in [0.3, 0.4) is 0 Å². The van der Waals surface area contributed by atoms with E-state index in [0.29, 0.717) is 25.1 Å². The summed E-state index contributed by atoms with van der Waals surface area (Å²) in [5.41, 5.74) is 0. The minimum atomic E-state index is 0.0901. The number of methoxy groups -OCH3 is 1. The molecule has 0 aromatic carbocycles. The van der Waals surface area contributed by atoms with Crippen LogP contribution in [0.2, 0.25) is 0 Å². The molecule has 1 N–H and O–H groups in total. The second-order valence-corrected chi connectivity index (χ2v) is 6.50. The second-order valence-electron chi connectivity index (χ2n) is 6.50. The number of nitrogens with zero attached hydrogens (tertiary/aromatic N) is 2. The fraction of sp³-hybridized carbons (Fsp3) is 0.938. The van der Waals surface area contributed by atoms with Crippen molar-refractivity contribution in [2.45, 2.75) is 57.7 Å². The zero-order valence-corrected chi connectivity index (χ0v) is 13.8. The van der Waals surface area contributed by atoms with Crippen molar-refractivity contribution < 1.29 is 9.53 Å². The Kier molecular flexibility index (Phi) is 6.45. The molecule has 0 spiro atoms. The van der Waals surface area contributed by atoms with Crippen LogP contribution in [-0.2, 0) is 9.53 Å². The average Bonchev–Trinajstić information content (AvgIpc) is 2.97. The number of carbonyl (C=O) groups is 1. The highest BCUT2D eigenvalue weighted by Crippen LogP contribution is 2.26. The summed E-state index contributed by atoms with van der Waals surface area (Å²) in [5, 5.41) is 3.41. The van der Waals surface area contributed by atoms with Gasteiger partial charge in [0.15, 0.2) is 0 Å². The van der Waals surface area contributed by atoms with Crippen LogP contribution >= 0.6 is 0 Å². The van der Waals surface area contributed by atoms with E-state index in [1.807, 2.05) is 4.90 Å². The molecule has 2 aliphatic rings. The van der Waals surface area contributed by atoms with Gasteiger partial charge in [-0.1, -0.05) is 0 Å². The molecule has 21 heavy (non-hydrogen) atoms. The van der Waals surface area contributed by atoms with Crippen molar-refractivity contribution >= 4 is 5.91 Å². The smallest absolute Gasteiger partial charge is 0.240 e. The van der Waals surface area contributed by atoms with Crippen LogP contribution in [0.25, 0.3) is 0 Å². The third kappa shape index (κ3) is 4.18. The molecule has 2 fully saturated rings. The van der Waals surface area contributed by atoms with Gasteiger partial charge in [0.25, 0.3) is 0 Å². The van der Waals surface area contributed by atoms with Crippen molar-refractivity contribution in [1.29, 1.82) is 0 Å². The summed E-state index contributed by atoms with van der Waals surface area (Å²) < 4.78 is 5.16. The van der Waals surface area contributed by atoms with E-state index in [0.717, 1.165) is 32.5 Å².